The molecule has 0 bridgehead atoms. The molecule has 4 heteroatoms. The van der Waals surface area contributed by atoms with Crippen LogP contribution in [0.2, 0.25) is 5.02 Å². The van der Waals surface area contributed by atoms with Crippen molar-refractivity contribution in [2.24, 2.45) is 0 Å². The lowest BCUT2D eigenvalue weighted by Crippen LogP contribution is -2.42. The molecule has 0 unspecified atom stereocenters. The lowest BCUT2D eigenvalue weighted by atomic mass is 10.0. The van der Waals surface area contributed by atoms with E-state index in [2.05, 4.69) is 41.3 Å². The zero-order valence-corrected chi connectivity index (χ0v) is 13.9. The van der Waals surface area contributed by atoms with E-state index in [4.69, 9.17) is 11.6 Å². The molecule has 1 aliphatic carbocycles. The standard InChI is InChI=1S/C17H26ClN3/c1-20(2)14-8-10-21(11-9-14)17-5-3-4-16(18)15(17)12-19-13-6-7-13/h3-5,13-14,19H,6-12H2,1-2H3. The summed E-state index contributed by atoms with van der Waals surface area (Å²) in [5.41, 5.74) is 2.60. The zero-order chi connectivity index (χ0) is 14.8. The summed E-state index contributed by atoms with van der Waals surface area (Å²) in [5.74, 6) is 0. The molecule has 1 aliphatic heterocycles. The molecule has 2 aliphatic rings. The molecule has 1 N–H and O–H groups in total. The quantitative estimate of drug-likeness (QED) is 0.901. The SMILES string of the molecule is CN(C)C1CCN(c2cccc(Cl)c2CNC2CC2)CC1. The van der Waals surface area contributed by atoms with Gasteiger partial charge in [0.25, 0.3) is 0 Å². The van der Waals surface area contributed by atoms with Crippen molar-refractivity contribution >= 4 is 17.3 Å². The Morgan fingerprint density at radius 2 is 1.90 bits per heavy atom. The van der Waals surface area contributed by atoms with Crippen LogP contribution < -0.4 is 10.2 Å². The maximum Gasteiger partial charge on any atom is 0.0471 e. The van der Waals surface area contributed by atoms with Crippen LogP contribution in [0.25, 0.3) is 0 Å². The number of anilines is 1. The van der Waals surface area contributed by atoms with Gasteiger partial charge in [-0.15, -0.1) is 0 Å². The molecule has 0 amide bonds. The van der Waals surface area contributed by atoms with Gasteiger partial charge in [-0.05, 0) is 51.9 Å². The van der Waals surface area contributed by atoms with E-state index in [-0.39, 0.29) is 0 Å². The minimum Gasteiger partial charge on any atom is -0.371 e. The second-order valence-electron chi connectivity index (χ2n) is 6.57. The largest absolute Gasteiger partial charge is 0.371 e. The Morgan fingerprint density at radius 1 is 1.19 bits per heavy atom. The van der Waals surface area contributed by atoms with Gasteiger partial charge in [0.1, 0.15) is 0 Å². The molecule has 3 rings (SSSR count). The van der Waals surface area contributed by atoms with E-state index >= 15 is 0 Å². The Kier molecular flexibility index (Phi) is 4.72. The molecule has 0 aromatic heterocycles. The van der Waals surface area contributed by atoms with Crippen LogP contribution in [0.4, 0.5) is 5.69 Å². The van der Waals surface area contributed by atoms with Gasteiger partial charge >= 0.3 is 0 Å². The van der Waals surface area contributed by atoms with Crippen LogP contribution in [0.1, 0.15) is 31.2 Å². The summed E-state index contributed by atoms with van der Waals surface area (Å²) in [6, 6.07) is 7.76. The summed E-state index contributed by atoms with van der Waals surface area (Å²) in [5, 5.41) is 4.50. The summed E-state index contributed by atoms with van der Waals surface area (Å²) >= 11 is 6.46. The Hall–Kier alpha value is -0.770. The molecule has 1 heterocycles. The molecule has 116 valence electrons. The molecule has 3 nitrogen and oxygen atoms in total. The van der Waals surface area contributed by atoms with Crippen LogP contribution in [0.3, 0.4) is 0 Å². The van der Waals surface area contributed by atoms with Crippen LogP contribution in [-0.2, 0) is 6.54 Å². The van der Waals surface area contributed by atoms with Crippen molar-refractivity contribution in [3.63, 3.8) is 0 Å². The lowest BCUT2D eigenvalue weighted by Gasteiger charge is -2.37. The predicted octanol–water partition coefficient (Wildman–Crippen LogP) is 3.12. The van der Waals surface area contributed by atoms with Crippen molar-refractivity contribution in [2.45, 2.75) is 44.3 Å². The highest BCUT2D eigenvalue weighted by atomic mass is 35.5. The van der Waals surface area contributed by atoms with Gasteiger partial charge in [-0.25, -0.2) is 0 Å². The number of halogens is 1. The molecule has 0 atom stereocenters. The Labute approximate surface area is 133 Å². The van der Waals surface area contributed by atoms with Gasteiger partial charge in [0.15, 0.2) is 0 Å². The van der Waals surface area contributed by atoms with Crippen LogP contribution >= 0.6 is 11.6 Å². The lowest BCUT2D eigenvalue weighted by molar-refractivity contribution is 0.249. The average molecular weight is 308 g/mol. The monoisotopic (exact) mass is 307 g/mol. The highest BCUT2D eigenvalue weighted by Gasteiger charge is 2.24. The van der Waals surface area contributed by atoms with Crippen LogP contribution in [0.15, 0.2) is 18.2 Å². The van der Waals surface area contributed by atoms with Crippen molar-refractivity contribution in [3.05, 3.63) is 28.8 Å². The molecule has 0 radical (unpaired) electrons. The summed E-state index contributed by atoms with van der Waals surface area (Å²) in [6.45, 7) is 3.15. The first kappa shape index (κ1) is 15.1. The van der Waals surface area contributed by atoms with E-state index in [1.54, 1.807) is 0 Å². The van der Waals surface area contributed by atoms with Crippen LogP contribution in [-0.4, -0.2) is 44.2 Å². The smallest absolute Gasteiger partial charge is 0.0471 e. The van der Waals surface area contributed by atoms with Gasteiger partial charge in [0.05, 0.1) is 0 Å². The van der Waals surface area contributed by atoms with Gasteiger partial charge in [-0.1, -0.05) is 17.7 Å². The molecule has 1 saturated heterocycles. The second kappa shape index (κ2) is 6.55. The fourth-order valence-corrected chi connectivity index (χ4v) is 3.41. The van der Waals surface area contributed by atoms with Gasteiger partial charge < -0.3 is 15.1 Å². The number of hydrogen-bond donors (Lipinski definition) is 1. The number of hydrogen-bond acceptors (Lipinski definition) is 3. The molecule has 1 saturated carbocycles. The Morgan fingerprint density at radius 3 is 2.52 bits per heavy atom. The average Bonchev–Trinajstić information content (AvgIpc) is 3.30. The Balaban J connectivity index is 1.70. The van der Waals surface area contributed by atoms with E-state index in [0.717, 1.165) is 24.7 Å². The van der Waals surface area contributed by atoms with Crippen molar-refractivity contribution in [2.75, 3.05) is 32.1 Å². The number of rotatable bonds is 5. The van der Waals surface area contributed by atoms with Crippen molar-refractivity contribution < 1.29 is 0 Å². The van der Waals surface area contributed by atoms with E-state index in [1.807, 2.05) is 6.07 Å². The highest BCUT2D eigenvalue weighted by molar-refractivity contribution is 6.31. The number of benzene rings is 1. The third-order valence-corrected chi connectivity index (χ3v) is 5.13. The predicted molar refractivity (Wildman–Crippen MR) is 90.2 cm³/mol. The van der Waals surface area contributed by atoms with Gasteiger partial charge in [-0.3, -0.25) is 0 Å². The van der Waals surface area contributed by atoms with E-state index < -0.39 is 0 Å². The van der Waals surface area contributed by atoms with E-state index in [1.165, 1.54) is 36.9 Å². The summed E-state index contributed by atoms with van der Waals surface area (Å²) < 4.78 is 0. The third-order valence-electron chi connectivity index (χ3n) is 4.77. The molecule has 2 fully saturated rings. The molecule has 1 aromatic rings. The highest BCUT2D eigenvalue weighted by Crippen LogP contribution is 2.31. The van der Waals surface area contributed by atoms with Crippen LogP contribution in [0.5, 0.6) is 0 Å². The van der Waals surface area contributed by atoms with Gasteiger partial charge in [-0.2, -0.15) is 0 Å². The van der Waals surface area contributed by atoms with Gasteiger partial charge in [0.2, 0.25) is 0 Å². The first-order valence-electron chi connectivity index (χ1n) is 8.07. The van der Waals surface area contributed by atoms with Crippen LogP contribution in [0, 0.1) is 0 Å². The fraction of sp³-hybridized carbons (Fsp3) is 0.647. The second-order valence-corrected chi connectivity index (χ2v) is 6.98. The van der Waals surface area contributed by atoms with E-state index in [9.17, 15) is 0 Å². The molecular weight excluding hydrogens is 282 g/mol. The molecule has 0 spiro atoms. The first-order chi connectivity index (χ1) is 10.1. The number of nitrogens with zero attached hydrogens (tertiary/aromatic N) is 2. The van der Waals surface area contributed by atoms with Crippen molar-refractivity contribution in [1.82, 2.24) is 10.2 Å². The maximum absolute atomic E-state index is 6.46. The summed E-state index contributed by atoms with van der Waals surface area (Å²) in [6.07, 6.45) is 5.09. The molecule has 21 heavy (non-hydrogen) atoms. The minimum atomic E-state index is 0.716. The minimum absolute atomic E-state index is 0.716. The first-order valence-corrected chi connectivity index (χ1v) is 8.45. The van der Waals surface area contributed by atoms with Crippen molar-refractivity contribution in [3.8, 4) is 0 Å². The zero-order valence-electron chi connectivity index (χ0n) is 13.1. The van der Waals surface area contributed by atoms with Gasteiger partial charge in [0, 0.05) is 48.0 Å². The summed E-state index contributed by atoms with van der Waals surface area (Å²) in [4.78, 5) is 4.86. The fourth-order valence-electron chi connectivity index (χ4n) is 3.18. The topological polar surface area (TPSA) is 18.5 Å². The maximum atomic E-state index is 6.46. The Bertz CT molecular complexity index is 477. The molecule has 1 aromatic carbocycles. The normalized spacial score (nSPS) is 20.3. The summed E-state index contributed by atoms with van der Waals surface area (Å²) in [7, 11) is 4.37. The third kappa shape index (κ3) is 3.71. The van der Waals surface area contributed by atoms with Crippen molar-refractivity contribution in [1.29, 1.82) is 0 Å². The number of nitrogens with one attached hydrogen (secondary N) is 1. The number of piperidine rings is 1. The molecular formula is C17H26ClN3. The van der Waals surface area contributed by atoms with E-state index in [0.29, 0.717) is 12.1 Å².